The van der Waals surface area contributed by atoms with Gasteiger partial charge in [0.25, 0.3) is 11.8 Å². The van der Waals surface area contributed by atoms with Crippen LogP contribution in [0.15, 0.2) is 64.3 Å². The Labute approximate surface area is 177 Å². The molecule has 0 aliphatic heterocycles. The number of aromatic nitrogens is 3. The molecule has 156 valence electrons. The molecule has 0 saturated heterocycles. The number of nitrogens with one attached hydrogen (secondary N) is 1. The summed E-state index contributed by atoms with van der Waals surface area (Å²) in [5.41, 5.74) is 0.765. The van der Waals surface area contributed by atoms with Crippen LogP contribution in [0.25, 0.3) is 11.6 Å². The summed E-state index contributed by atoms with van der Waals surface area (Å²) < 4.78 is 32.1. The molecule has 0 aliphatic carbocycles. The van der Waals surface area contributed by atoms with Gasteiger partial charge >= 0.3 is 6.01 Å². The number of amides is 1. The highest BCUT2D eigenvalue weighted by Crippen LogP contribution is 2.22. The zero-order chi connectivity index (χ0) is 21.7. The minimum absolute atomic E-state index is 0.0572. The smallest absolute Gasteiger partial charge is 0.322 e. The maximum atomic E-state index is 12.7. The number of aryl methyl sites for hydroxylation is 1. The van der Waals surface area contributed by atoms with Crippen molar-refractivity contribution in [1.82, 2.24) is 19.5 Å². The molecular formula is C19H19N5O4S2. The van der Waals surface area contributed by atoms with Crippen LogP contribution >= 0.6 is 11.3 Å². The summed E-state index contributed by atoms with van der Waals surface area (Å²) in [6.07, 6.45) is 2.99. The Balaban J connectivity index is 1.73. The van der Waals surface area contributed by atoms with Gasteiger partial charge in [0, 0.05) is 24.0 Å². The van der Waals surface area contributed by atoms with E-state index in [0.717, 1.165) is 5.01 Å². The fourth-order valence-corrected chi connectivity index (χ4v) is 4.46. The molecule has 0 aliphatic rings. The number of sulfonamides is 1. The second kappa shape index (κ2) is 9.11. The molecule has 30 heavy (non-hydrogen) atoms. The van der Waals surface area contributed by atoms with E-state index in [4.69, 9.17) is 4.42 Å². The number of nitrogens with zero attached hydrogens (tertiary/aromatic N) is 4. The van der Waals surface area contributed by atoms with E-state index in [2.05, 4.69) is 33.7 Å². The normalized spacial score (nSPS) is 11.4. The van der Waals surface area contributed by atoms with Gasteiger partial charge in [-0.25, -0.2) is 13.4 Å². The van der Waals surface area contributed by atoms with Crippen molar-refractivity contribution in [3.8, 4) is 11.6 Å². The van der Waals surface area contributed by atoms with Gasteiger partial charge in [0.05, 0.1) is 9.90 Å². The summed E-state index contributed by atoms with van der Waals surface area (Å²) in [6.45, 7) is 9.29. The van der Waals surface area contributed by atoms with Gasteiger partial charge < -0.3 is 4.42 Å². The topological polar surface area (TPSA) is 118 Å². The zero-order valence-corrected chi connectivity index (χ0v) is 17.7. The lowest BCUT2D eigenvalue weighted by molar-refractivity contribution is 0.102. The summed E-state index contributed by atoms with van der Waals surface area (Å²) in [4.78, 5) is 16.7. The highest BCUT2D eigenvalue weighted by Gasteiger charge is 2.23. The standard InChI is InChI=1S/C19H19N5O4S2/c1-4-10-24(11-5-2)30(26,27)15-8-6-14(7-9-15)17(25)21-19-23-22-18(28-19)16-12-29-13(3)20-16/h4-9,12H,1-2,10-11H2,3H3,(H,21,23,25). The average molecular weight is 446 g/mol. The monoisotopic (exact) mass is 445 g/mol. The van der Waals surface area contributed by atoms with Crippen LogP contribution in [0.4, 0.5) is 6.01 Å². The maximum absolute atomic E-state index is 12.7. The van der Waals surface area contributed by atoms with E-state index in [1.807, 2.05) is 6.92 Å². The molecule has 0 unspecified atom stereocenters. The molecule has 0 radical (unpaired) electrons. The number of hydrogen-bond donors (Lipinski definition) is 1. The third kappa shape index (κ3) is 4.70. The molecule has 1 N–H and O–H groups in total. The summed E-state index contributed by atoms with van der Waals surface area (Å²) >= 11 is 1.44. The third-order valence-corrected chi connectivity index (χ3v) is 6.52. The zero-order valence-electron chi connectivity index (χ0n) is 16.1. The van der Waals surface area contributed by atoms with E-state index in [9.17, 15) is 13.2 Å². The van der Waals surface area contributed by atoms with Crippen molar-refractivity contribution in [1.29, 1.82) is 0 Å². The minimum atomic E-state index is -3.74. The van der Waals surface area contributed by atoms with Crippen molar-refractivity contribution in [2.24, 2.45) is 0 Å². The fourth-order valence-electron chi connectivity index (χ4n) is 2.49. The first-order valence-corrected chi connectivity index (χ1v) is 11.1. The van der Waals surface area contributed by atoms with E-state index in [0.29, 0.717) is 5.69 Å². The lowest BCUT2D eigenvalue weighted by Gasteiger charge is -2.19. The molecule has 0 fully saturated rings. The molecule has 11 heteroatoms. The molecule has 1 amide bonds. The number of carbonyl (C=O) groups is 1. The molecule has 0 bridgehead atoms. The van der Waals surface area contributed by atoms with Crippen molar-refractivity contribution < 1.29 is 17.6 Å². The van der Waals surface area contributed by atoms with E-state index < -0.39 is 15.9 Å². The Morgan fingerprint density at radius 2 is 1.87 bits per heavy atom. The third-order valence-electron chi connectivity index (χ3n) is 3.90. The van der Waals surface area contributed by atoms with Gasteiger partial charge in [0.15, 0.2) is 0 Å². The van der Waals surface area contributed by atoms with Crippen molar-refractivity contribution in [3.63, 3.8) is 0 Å². The summed E-state index contributed by atoms with van der Waals surface area (Å²) in [7, 11) is -3.74. The molecule has 2 heterocycles. The number of benzene rings is 1. The summed E-state index contributed by atoms with van der Waals surface area (Å²) in [6, 6.07) is 5.45. The van der Waals surface area contributed by atoms with E-state index in [1.54, 1.807) is 5.38 Å². The lowest BCUT2D eigenvalue weighted by Crippen LogP contribution is -2.31. The Morgan fingerprint density at radius 3 is 2.43 bits per heavy atom. The number of thiazole rings is 1. The van der Waals surface area contributed by atoms with Crippen LogP contribution in [-0.4, -0.2) is 46.9 Å². The molecule has 2 aromatic heterocycles. The minimum Gasteiger partial charge on any atom is -0.401 e. The molecular weight excluding hydrogens is 426 g/mol. The Bertz CT molecular complexity index is 1160. The molecule has 0 atom stereocenters. The van der Waals surface area contributed by atoms with Crippen molar-refractivity contribution >= 4 is 33.3 Å². The fraction of sp³-hybridized carbons (Fsp3) is 0.158. The molecule has 3 rings (SSSR count). The molecule has 9 nitrogen and oxygen atoms in total. The number of anilines is 1. The first-order chi connectivity index (χ1) is 14.3. The van der Waals surface area contributed by atoms with E-state index in [1.165, 1.54) is 52.1 Å². The second-order valence-electron chi connectivity index (χ2n) is 6.04. The van der Waals surface area contributed by atoms with Gasteiger partial charge in [0.2, 0.25) is 10.0 Å². The van der Waals surface area contributed by atoms with Gasteiger partial charge in [-0.05, 0) is 31.2 Å². The number of hydrogen-bond acceptors (Lipinski definition) is 8. The SMILES string of the molecule is C=CCN(CC=C)S(=O)(=O)c1ccc(C(=O)Nc2nnc(-c3csc(C)n3)o2)cc1. The van der Waals surface area contributed by atoms with E-state index >= 15 is 0 Å². The second-order valence-corrected chi connectivity index (χ2v) is 9.04. The lowest BCUT2D eigenvalue weighted by atomic mass is 10.2. The quantitative estimate of drug-likeness (QED) is 0.503. The van der Waals surface area contributed by atoms with Crippen LogP contribution in [0.2, 0.25) is 0 Å². The van der Waals surface area contributed by atoms with Gasteiger partial charge in [0.1, 0.15) is 5.69 Å². The maximum Gasteiger partial charge on any atom is 0.322 e. The number of rotatable bonds is 9. The van der Waals surface area contributed by atoms with Gasteiger partial charge in [-0.1, -0.05) is 17.3 Å². The predicted molar refractivity (Wildman–Crippen MR) is 114 cm³/mol. The van der Waals surface area contributed by atoms with Crippen LogP contribution in [0.1, 0.15) is 15.4 Å². The highest BCUT2D eigenvalue weighted by atomic mass is 32.2. The molecule has 0 saturated carbocycles. The van der Waals surface area contributed by atoms with E-state index in [-0.39, 0.29) is 35.5 Å². The molecule has 0 spiro atoms. The highest BCUT2D eigenvalue weighted by molar-refractivity contribution is 7.89. The summed E-state index contributed by atoms with van der Waals surface area (Å²) in [5, 5.41) is 12.8. The van der Waals surface area contributed by atoms with Crippen LogP contribution in [0, 0.1) is 6.92 Å². The predicted octanol–water partition coefficient (Wildman–Crippen LogP) is 3.12. The van der Waals surface area contributed by atoms with Crippen molar-refractivity contribution in [2.75, 3.05) is 18.4 Å². The first kappa shape index (κ1) is 21.6. The van der Waals surface area contributed by atoms with Crippen molar-refractivity contribution in [2.45, 2.75) is 11.8 Å². The van der Waals surface area contributed by atoms with Crippen LogP contribution in [0.3, 0.4) is 0 Å². The Hall–Kier alpha value is -3.15. The van der Waals surface area contributed by atoms with Gasteiger partial charge in [-0.3, -0.25) is 10.1 Å². The summed E-state index contributed by atoms with van der Waals surface area (Å²) in [5.74, 6) is -0.321. The van der Waals surface area contributed by atoms with Gasteiger partial charge in [-0.15, -0.1) is 29.6 Å². The van der Waals surface area contributed by atoms with Crippen LogP contribution in [-0.2, 0) is 10.0 Å². The Morgan fingerprint density at radius 1 is 1.20 bits per heavy atom. The largest absolute Gasteiger partial charge is 0.401 e. The molecule has 1 aromatic carbocycles. The average Bonchev–Trinajstić information content (AvgIpc) is 3.36. The van der Waals surface area contributed by atoms with Crippen LogP contribution in [0.5, 0.6) is 0 Å². The van der Waals surface area contributed by atoms with Crippen molar-refractivity contribution in [3.05, 3.63) is 65.5 Å². The molecule has 3 aromatic rings. The van der Waals surface area contributed by atoms with Gasteiger partial charge in [-0.2, -0.15) is 4.31 Å². The number of carbonyl (C=O) groups excluding carboxylic acids is 1. The van der Waals surface area contributed by atoms with Crippen LogP contribution < -0.4 is 5.32 Å². The Kier molecular flexibility index (Phi) is 6.55. The first-order valence-electron chi connectivity index (χ1n) is 8.74.